The topological polar surface area (TPSA) is 171 Å². The summed E-state index contributed by atoms with van der Waals surface area (Å²) in [5.74, 6) is -2.09. The van der Waals surface area contributed by atoms with Crippen molar-refractivity contribution >= 4 is 39.4 Å². The molecule has 0 bridgehead atoms. The molecule has 4 N–H and O–H groups in total. The number of carbonyl (C=O) groups is 5. The summed E-state index contributed by atoms with van der Waals surface area (Å²) in [4.78, 5) is 69.8. The molecule has 4 aliphatic carbocycles. The summed E-state index contributed by atoms with van der Waals surface area (Å²) in [6, 6.07) is -3.42. The lowest BCUT2D eigenvalue weighted by atomic mass is 9.83. The second-order valence-corrected chi connectivity index (χ2v) is 20.1. The van der Waals surface area contributed by atoms with Crippen molar-refractivity contribution < 1.29 is 32.4 Å². The maximum absolute atomic E-state index is 14.5. The number of Topliss-reactive ketones (excluding diaryl/α,β-unsaturated/α-hetero) is 1. The minimum Gasteiger partial charge on any atom is -0.346 e. The summed E-state index contributed by atoms with van der Waals surface area (Å²) >= 11 is 0. The Balaban J connectivity index is 1.34. The maximum Gasteiger partial charge on any atom is 0.315 e. The number of carbonyl (C=O) groups excluding carboxylic acids is 5. The molecule has 5 atom stereocenters. The van der Waals surface area contributed by atoms with Gasteiger partial charge in [0.25, 0.3) is 5.91 Å². The van der Waals surface area contributed by atoms with Crippen LogP contribution in [0.3, 0.4) is 0 Å². The monoisotopic (exact) mass is 717 g/mol. The second-order valence-electron chi connectivity index (χ2n) is 17.5. The van der Waals surface area contributed by atoms with E-state index in [9.17, 15) is 32.4 Å². The minimum atomic E-state index is -3.57. The van der Waals surface area contributed by atoms with E-state index in [1.165, 1.54) is 6.08 Å². The Morgan fingerprint density at radius 3 is 2.14 bits per heavy atom. The number of nitrogens with zero attached hydrogens (tertiary/aromatic N) is 1. The van der Waals surface area contributed by atoms with Crippen molar-refractivity contribution in [3.63, 3.8) is 0 Å². The fourth-order valence-electron chi connectivity index (χ4n) is 8.46. The summed E-state index contributed by atoms with van der Waals surface area (Å²) in [5.41, 5.74) is -1.65. The smallest absolute Gasteiger partial charge is 0.315 e. The average molecular weight is 718 g/mol. The molecule has 1 saturated heterocycles. The predicted octanol–water partition coefficient (Wildman–Crippen LogP) is 3.40. The molecule has 5 rings (SSSR count). The van der Waals surface area contributed by atoms with Gasteiger partial charge in [0.15, 0.2) is 9.84 Å². The molecule has 13 heteroatoms. The fourth-order valence-corrected chi connectivity index (χ4v) is 10.4. The van der Waals surface area contributed by atoms with Crippen LogP contribution in [-0.4, -0.2) is 90.1 Å². The zero-order valence-corrected chi connectivity index (χ0v) is 31.7. The zero-order valence-electron chi connectivity index (χ0n) is 30.9. The number of sulfone groups is 1. The molecule has 0 aromatic carbocycles. The van der Waals surface area contributed by atoms with E-state index in [1.54, 1.807) is 18.7 Å². The largest absolute Gasteiger partial charge is 0.346 e. The van der Waals surface area contributed by atoms with Crippen LogP contribution in [-0.2, 0) is 29.0 Å². The molecular formula is C37H59N5O7S. The van der Waals surface area contributed by atoms with Crippen LogP contribution in [0, 0.1) is 28.6 Å². The summed E-state index contributed by atoms with van der Waals surface area (Å²) in [6.07, 6.45) is 9.74. The van der Waals surface area contributed by atoms with Crippen molar-refractivity contribution in [3.05, 3.63) is 12.7 Å². The fraction of sp³-hybridized carbons (Fsp3) is 0.811. The highest BCUT2D eigenvalue weighted by Crippen LogP contribution is 2.78. The van der Waals surface area contributed by atoms with Crippen molar-refractivity contribution in [1.29, 1.82) is 0 Å². The van der Waals surface area contributed by atoms with E-state index < -0.39 is 67.3 Å². The van der Waals surface area contributed by atoms with Crippen LogP contribution in [0.25, 0.3) is 0 Å². The van der Waals surface area contributed by atoms with E-state index in [-0.39, 0.29) is 41.4 Å². The van der Waals surface area contributed by atoms with Gasteiger partial charge in [-0.15, -0.1) is 6.58 Å². The first-order valence-corrected chi connectivity index (χ1v) is 20.3. The molecule has 12 nitrogen and oxygen atoms in total. The highest BCUT2D eigenvalue weighted by molar-refractivity contribution is 7.92. The number of piperidine rings is 1. The molecular weight excluding hydrogens is 659 g/mol. The number of nitrogens with one attached hydrogen (secondary N) is 4. The zero-order chi connectivity index (χ0) is 36.9. The molecule has 1 aliphatic heterocycles. The van der Waals surface area contributed by atoms with Gasteiger partial charge in [0.05, 0.1) is 22.1 Å². The lowest BCUT2D eigenvalue weighted by Crippen LogP contribution is -2.64. The van der Waals surface area contributed by atoms with E-state index in [0.29, 0.717) is 32.2 Å². The summed E-state index contributed by atoms with van der Waals surface area (Å²) in [6.45, 7) is 14.9. The van der Waals surface area contributed by atoms with Crippen molar-refractivity contribution in [2.75, 3.05) is 18.8 Å². The lowest BCUT2D eigenvalue weighted by molar-refractivity contribution is -0.145. The molecule has 1 spiro atoms. The Bertz CT molecular complexity index is 1490. The molecule has 4 saturated carbocycles. The number of urea groups is 1. The van der Waals surface area contributed by atoms with Crippen molar-refractivity contribution in [2.24, 2.45) is 28.6 Å². The van der Waals surface area contributed by atoms with Gasteiger partial charge in [0.1, 0.15) is 12.1 Å². The van der Waals surface area contributed by atoms with Gasteiger partial charge in [0, 0.05) is 13.1 Å². The Hall–Kier alpha value is -2.96. The maximum atomic E-state index is 14.5. The number of ketones is 1. The number of rotatable bonds is 15. The summed E-state index contributed by atoms with van der Waals surface area (Å²) < 4.78 is 26.1. The van der Waals surface area contributed by atoms with Gasteiger partial charge in [-0.05, 0) is 81.0 Å². The quantitative estimate of drug-likeness (QED) is 0.149. The normalized spacial score (nSPS) is 26.2. The van der Waals surface area contributed by atoms with E-state index in [4.69, 9.17) is 0 Å². The SMILES string of the molecule is C=CCNC(=O)C(=O)C(CC1CC1)NC(=O)[C@@H]1C2[C@H](CN1C(=O)[C@@H](NC(=O)NC1(CS(=O)(=O)C(C)(C)CC)CCCCC1)C(C)(C)C)C21CC1. The summed E-state index contributed by atoms with van der Waals surface area (Å²) in [5, 5.41) is 11.4. The molecule has 2 unspecified atom stereocenters. The Morgan fingerprint density at radius 2 is 1.60 bits per heavy atom. The average Bonchev–Trinajstić information content (AvgIpc) is 4.01. The minimum absolute atomic E-state index is 0.0372. The van der Waals surface area contributed by atoms with Crippen molar-refractivity contribution in [3.8, 4) is 0 Å². The van der Waals surface area contributed by atoms with Crippen LogP contribution in [0.1, 0.15) is 112 Å². The van der Waals surface area contributed by atoms with Gasteiger partial charge >= 0.3 is 6.03 Å². The third-order valence-corrected chi connectivity index (χ3v) is 15.3. The standard InChI is InChI=1S/C37H59N5O7S/c1-8-19-38-31(45)28(43)25(20-23-13-14-23)39-30(44)27-26-24(37(26)17-18-37)21-42(27)32(46)29(34(3,4)5)40-33(47)41-36(15-11-10-12-16-36)22-50(48,49)35(6,7)9-2/h8,23-27,29H,1,9-22H2,2-7H3,(H,38,45)(H,39,44)(H2,40,41,47)/t24-,25?,26?,27-,29+/m0/s1. The molecule has 50 heavy (non-hydrogen) atoms. The first kappa shape index (κ1) is 38.3. The molecule has 5 fully saturated rings. The van der Waals surface area contributed by atoms with E-state index in [0.717, 1.165) is 44.9 Å². The number of fused-ring (bicyclic) bond motifs is 3. The highest BCUT2D eigenvalue weighted by atomic mass is 32.2. The predicted molar refractivity (Wildman–Crippen MR) is 191 cm³/mol. The van der Waals surface area contributed by atoms with Gasteiger partial charge in [-0.3, -0.25) is 19.2 Å². The first-order valence-electron chi connectivity index (χ1n) is 18.7. The van der Waals surface area contributed by atoms with Crippen LogP contribution < -0.4 is 21.3 Å². The first-order chi connectivity index (χ1) is 23.3. The van der Waals surface area contributed by atoms with Crippen LogP contribution >= 0.6 is 0 Å². The highest BCUT2D eigenvalue weighted by Gasteiger charge is 2.79. The third-order valence-electron chi connectivity index (χ3n) is 12.4. The Labute approximate surface area is 298 Å². The molecule has 5 aliphatic rings. The van der Waals surface area contributed by atoms with Crippen LogP contribution in [0.5, 0.6) is 0 Å². The Kier molecular flexibility index (Phi) is 10.6. The Morgan fingerprint density at radius 1 is 0.960 bits per heavy atom. The number of likely N-dealkylation sites (tertiary alicyclic amines) is 1. The van der Waals surface area contributed by atoms with Crippen LogP contribution in [0.2, 0.25) is 0 Å². The van der Waals surface area contributed by atoms with E-state index >= 15 is 0 Å². The lowest BCUT2D eigenvalue weighted by Gasteiger charge is -2.41. The van der Waals surface area contributed by atoms with Gasteiger partial charge in [-0.2, -0.15) is 0 Å². The molecule has 5 amide bonds. The van der Waals surface area contributed by atoms with Gasteiger partial charge in [-0.25, -0.2) is 13.2 Å². The van der Waals surface area contributed by atoms with Crippen molar-refractivity contribution in [1.82, 2.24) is 26.2 Å². The molecule has 0 aromatic rings. The number of hydrogen-bond acceptors (Lipinski definition) is 7. The molecule has 0 aromatic heterocycles. The number of amides is 5. The third kappa shape index (κ3) is 7.77. The van der Waals surface area contributed by atoms with Gasteiger partial charge in [-0.1, -0.05) is 65.9 Å². The van der Waals surface area contributed by atoms with Crippen molar-refractivity contribution in [2.45, 2.75) is 141 Å². The van der Waals surface area contributed by atoms with Crippen LogP contribution in [0.15, 0.2) is 12.7 Å². The number of hydrogen-bond donors (Lipinski definition) is 4. The van der Waals surface area contributed by atoms with Crippen LogP contribution in [0.4, 0.5) is 4.79 Å². The van der Waals surface area contributed by atoms with Gasteiger partial charge in [0.2, 0.25) is 17.6 Å². The molecule has 1 heterocycles. The second kappa shape index (κ2) is 13.9. The van der Waals surface area contributed by atoms with E-state index in [1.807, 2.05) is 27.7 Å². The van der Waals surface area contributed by atoms with E-state index in [2.05, 4.69) is 27.8 Å². The van der Waals surface area contributed by atoms with Gasteiger partial charge < -0.3 is 26.2 Å². The summed E-state index contributed by atoms with van der Waals surface area (Å²) in [7, 11) is -3.57. The molecule has 0 radical (unpaired) electrons. The molecule has 280 valence electrons.